The first-order chi connectivity index (χ1) is 11.3. The van der Waals surface area contributed by atoms with Crippen molar-refractivity contribution in [2.75, 3.05) is 6.61 Å². The van der Waals surface area contributed by atoms with Gasteiger partial charge < -0.3 is 9.16 Å². The molecule has 0 radical (unpaired) electrons. The minimum absolute atomic E-state index is 0.0513. The number of hydrogen-bond donors (Lipinski definition) is 0. The predicted molar refractivity (Wildman–Crippen MR) is 104 cm³/mol. The van der Waals surface area contributed by atoms with Crippen LogP contribution in [0.15, 0.2) is 30.3 Å². The Morgan fingerprint density at radius 1 is 1.25 bits per heavy atom. The van der Waals surface area contributed by atoms with E-state index in [1.165, 1.54) is 30.3 Å². The molecule has 1 aromatic rings. The van der Waals surface area contributed by atoms with Crippen LogP contribution in [0.2, 0.25) is 18.6 Å². The van der Waals surface area contributed by atoms with E-state index in [9.17, 15) is 4.79 Å². The average molecular weight is 367 g/mol. The Morgan fingerprint density at radius 2 is 1.92 bits per heavy atom. The zero-order valence-corrected chi connectivity index (χ0v) is 17.2. The highest BCUT2D eigenvalue weighted by molar-refractivity contribution is 8.14. The van der Waals surface area contributed by atoms with Gasteiger partial charge in [-0.05, 0) is 24.2 Å². The number of rotatable bonds is 8. The fourth-order valence-corrected chi connectivity index (χ4v) is 6.27. The fraction of sp³-hybridized carbons (Fsp3) is 0.632. The third kappa shape index (κ3) is 7.09. The lowest BCUT2D eigenvalue weighted by Crippen LogP contribution is -2.46. The zero-order chi connectivity index (χ0) is 17.6. The van der Waals surface area contributed by atoms with Crippen molar-refractivity contribution in [2.45, 2.75) is 69.7 Å². The maximum atomic E-state index is 12.3. The van der Waals surface area contributed by atoms with Crippen molar-refractivity contribution in [3.05, 3.63) is 35.9 Å². The molecule has 2 rings (SSSR count). The van der Waals surface area contributed by atoms with Gasteiger partial charge in [0, 0.05) is 11.2 Å². The van der Waals surface area contributed by atoms with Crippen molar-refractivity contribution in [1.82, 2.24) is 0 Å². The van der Waals surface area contributed by atoms with Crippen molar-refractivity contribution in [1.29, 1.82) is 0 Å². The molecule has 1 aliphatic rings. The first-order valence-electron chi connectivity index (χ1n) is 8.77. The maximum absolute atomic E-state index is 12.3. The number of ether oxygens (including phenoxy) is 1. The second-order valence-corrected chi connectivity index (χ2v) is 13.9. The quantitative estimate of drug-likeness (QED) is 0.605. The molecule has 5 heteroatoms. The summed E-state index contributed by atoms with van der Waals surface area (Å²) in [7, 11) is -1.56. The summed E-state index contributed by atoms with van der Waals surface area (Å²) in [5.41, 5.74) is 1.15. The standard InChI is InChI=1S/C19H30O3SSi/c1-19(2,3)23-18(20)13-17(22-24(4)11-8-12-24)15-21-14-16-9-6-5-7-10-16/h5-7,9-10,17H,8,11-15H2,1-4H3/t17-/m1/s1. The summed E-state index contributed by atoms with van der Waals surface area (Å²) in [5, 5.41) is 0.202. The molecule has 1 atom stereocenters. The molecule has 0 spiro atoms. The summed E-state index contributed by atoms with van der Waals surface area (Å²) >= 11 is 1.41. The third-order valence-electron chi connectivity index (χ3n) is 4.09. The van der Waals surface area contributed by atoms with Gasteiger partial charge in [0.05, 0.1) is 19.3 Å². The molecule has 24 heavy (non-hydrogen) atoms. The zero-order valence-electron chi connectivity index (χ0n) is 15.3. The Labute approximate surface area is 151 Å². The molecule has 1 aliphatic heterocycles. The van der Waals surface area contributed by atoms with Crippen LogP contribution in [0.4, 0.5) is 0 Å². The molecule has 3 nitrogen and oxygen atoms in total. The van der Waals surface area contributed by atoms with Gasteiger partial charge in [-0.25, -0.2) is 0 Å². The van der Waals surface area contributed by atoms with Crippen molar-refractivity contribution < 1.29 is 14.0 Å². The number of carbonyl (C=O) groups excluding carboxylic acids is 1. The molecule has 0 aromatic heterocycles. The van der Waals surface area contributed by atoms with Gasteiger partial charge in [0.1, 0.15) is 0 Å². The first kappa shape index (κ1) is 19.7. The number of thioether (sulfide) groups is 1. The van der Waals surface area contributed by atoms with Gasteiger partial charge in [0.15, 0.2) is 13.4 Å². The molecular formula is C19H30O3SSi. The van der Waals surface area contributed by atoms with Crippen molar-refractivity contribution in [3.63, 3.8) is 0 Å². The Morgan fingerprint density at radius 3 is 2.46 bits per heavy atom. The largest absolute Gasteiger partial charge is 0.411 e. The van der Waals surface area contributed by atoms with Crippen LogP contribution in [0.5, 0.6) is 0 Å². The lowest BCUT2D eigenvalue weighted by Gasteiger charge is -2.38. The third-order valence-corrected chi connectivity index (χ3v) is 8.82. The minimum Gasteiger partial charge on any atom is -0.411 e. The van der Waals surface area contributed by atoms with Crippen LogP contribution in [-0.2, 0) is 20.6 Å². The summed E-state index contributed by atoms with van der Waals surface area (Å²) < 4.78 is 12.2. The lowest BCUT2D eigenvalue weighted by molar-refractivity contribution is -0.113. The summed E-state index contributed by atoms with van der Waals surface area (Å²) in [6.07, 6.45) is 1.61. The average Bonchev–Trinajstić information content (AvgIpc) is 2.44. The minimum atomic E-state index is -1.56. The summed E-state index contributed by atoms with van der Waals surface area (Å²) in [6, 6.07) is 12.6. The molecule has 1 heterocycles. The molecule has 1 fully saturated rings. The normalized spacial score (nSPS) is 18.0. The molecule has 0 aliphatic carbocycles. The number of carbonyl (C=O) groups is 1. The molecule has 134 valence electrons. The van der Waals surface area contributed by atoms with Gasteiger partial charge in [0.2, 0.25) is 0 Å². The smallest absolute Gasteiger partial charge is 0.192 e. The molecule has 0 N–H and O–H groups in total. The Hall–Kier alpha value is -0.623. The lowest BCUT2D eigenvalue weighted by atomic mass is 10.2. The van der Waals surface area contributed by atoms with E-state index in [0.29, 0.717) is 19.6 Å². The number of hydrogen-bond acceptors (Lipinski definition) is 4. The second kappa shape index (κ2) is 8.65. The van der Waals surface area contributed by atoms with Crippen LogP contribution in [0, 0.1) is 0 Å². The molecule has 0 unspecified atom stereocenters. The molecular weight excluding hydrogens is 336 g/mol. The second-order valence-electron chi connectivity index (χ2n) is 7.83. The van der Waals surface area contributed by atoms with E-state index in [1.54, 1.807) is 0 Å². The van der Waals surface area contributed by atoms with E-state index in [0.717, 1.165) is 5.56 Å². The van der Waals surface area contributed by atoms with Gasteiger partial charge >= 0.3 is 0 Å². The highest BCUT2D eigenvalue weighted by Crippen LogP contribution is 2.35. The SMILES string of the molecule is CC(C)(C)SC(=O)C[C@H](COCc1ccccc1)O[Si]1(C)CCC1. The predicted octanol–water partition coefficient (Wildman–Crippen LogP) is 5.02. The van der Waals surface area contributed by atoms with Crippen LogP contribution in [-0.4, -0.2) is 30.9 Å². The van der Waals surface area contributed by atoms with Gasteiger partial charge in [-0.3, -0.25) is 4.79 Å². The molecule has 0 amide bonds. The topological polar surface area (TPSA) is 35.5 Å². The van der Waals surface area contributed by atoms with Crippen LogP contribution < -0.4 is 0 Å². The van der Waals surface area contributed by atoms with Gasteiger partial charge in [-0.2, -0.15) is 0 Å². The van der Waals surface area contributed by atoms with Gasteiger partial charge in [0.25, 0.3) is 0 Å². The van der Waals surface area contributed by atoms with E-state index in [2.05, 4.69) is 39.5 Å². The fourth-order valence-electron chi connectivity index (χ4n) is 2.78. The van der Waals surface area contributed by atoms with Crippen LogP contribution in [0.25, 0.3) is 0 Å². The molecule has 1 aromatic carbocycles. The summed E-state index contributed by atoms with van der Waals surface area (Å²) in [6.45, 7) is 9.55. The van der Waals surface area contributed by atoms with Crippen LogP contribution in [0.1, 0.15) is 39.2 Å². The van der Waals surface area contributed by atoms with Crippen LogP contribution in [0.3, 0.4) is 0 Å². The van der Waals surface area contributed by atoms with Crippen molar-refractivity contribution in [2.24, 2.45) is 0 Å². The highest BCUT2D eigenvalue weighted by atomic mass is 32.2. The Bertz CT molecular complexity index is 523. The molecule has 0 bridgehead atoms. The van der Waals surface area contributed by atoms with E-state index in [1.807, 2.05) is 18.2 Å². The van der Waals surface area contributed by atoms with Gasteiger partial charge in [-0.15, -0.1) is 0 Å². The van der Waals surface area contributed by atoms with E-state index < -0.39 is 8.32 Å². The maximum Gasteiger partial charge on any atom is 0.192 e. The van der Waals surface area contributed by atoms with Crippen molar-refractivity contribution >= 4 is 25.2 Å². The molecule has 1 saturated heterocycles. The summed E-state index contributed by atoms with van der Waals surface area (Å²) in [5.74, 6) is 0. The molecule has 0 saturated carbocycles. The van der Waals surface area contributed by atoms with Crippen LogP contribution >= 0.6 is 11.8 Å². The highest BCUT2D eigenvalue weighted by Gasteiger charge is 2.39. The van der Waals surface area contributed by atoms with E-state index in [-0.39, 0.29) is 16.0 Å². The van der Waals surface area contributed by atoms with Gasteiger partial charge in [-0.1, -0.05) is 69.3 Å². The monoisotopic (exact) mass is 366 g/mol. The van der Waals surface area contributed by atoms with E-state index >= 15 is 0 Å². The summed E-state index contributed by atoms with van der Waals surface area (Å²) in [4.78, 5) is 12.3. The number of benzene rings is 1. The van der Waals surface area contributed by atoms with E-state index in [4.69, 9.17) is 9.16 Å². The Balaban J connectivity index is 1.86. The van der Waals surface area contributed by atoms with Crippen molar-refractivity contribution in [3.8, 4) is 0 Å². The Kier molecular flexibility index (Phi) is 7.10. The first-order valence-corrected chi connectivity index (χ1v) is 12.4.